The van der Waals surface area contributed by atoms with Gasteiger partial charge in [-0.15, -0.1) is 0 Å². The van der Waals surface area contributed by atoms with Crippen molar-refractivity contribution in [3.05, 3.63) is 35.1 Å². The Balaban J connectivity index is 1.56. The molecular weight excluding hydrogens is 332 g/mol. The minimum Gasteiger partial charge on any atom is -0.450 e. The average molecular weight is 351 g/mol. The van der Waals surface area contributed by atoms with Gasteiger partial charge in [-0.3, -0.25) is 4.90 Å². The minimum atomic E-state index is -0.250. The lowest BCUT2D eigenvalue weighted by Crippen LogP contribution is -2.48. The third kappa shape index (κ3) is 4.04. The van der Waals surface area contributed by atoms with Crippen LogP contribution in [0, 0.1) is 0 Å². The van der Waals surface area contributed by atoms with E-state index >= 15 is 0 Å². The van der Waals surface area contributed by atoms with E-state index in [4.69, 9.17) is 20.9 Å². The SMILES string of the molecule is CCOC(=O)N1CCN(Cc2noc(-c3cccc(Cl)c3)n2)CC1. The molecule has 3 rings (SSSR count). The van der Waals surface area contributed by atoms with Gasteiger partial charge in [0.1, 0.15) is 0 Å². The molecule has 1 amide bonds. The summed E-state index contributed by atoms with van der Waals surface area (Å²) in [4.78, 5) is 20.0. The smallest absolute Gasteiger partial charge is 0.409 e. The monoisotopic (exact) mass is 350 g/mol. The van der Waals surface area contributed by atoms with Crippen molar-refractivity contribution in [2.24, 2.45) is 0 Å². The highest BCUT2D eigenvalue weighted by atomic mass is 35.5. The van der Waals surface area contributed by atoms with Crippen molar-refractivity contribution < 1.29 is 14.1 Å². The number of piperazine rings is 1. The maximum Gasteiger partial charge on any atom is 0.409 e. The fourth-order valence-electron chi connectivity index (χ4n) is 2.56. The van der Waals surface area contributed by atoms with Gasteiger partial charge in [0.2, 0.25) is 0 Å². The van der Waals surface area contributed by atoms with Gasteiger partial charge in [-0.05, 0) is 25.1 Å². The van der Waals surface area contributed by atoms with Crippen molar-refractivity contribution >= 4 is 17.7 Å². The van der Waals surface area contributed by atoms with Crippen LogP contribution in [-0.4, -0.2) is 58.8 Å². The standard InChI is InChI=1S/C16H19ClN4O3/c1-2-23-16(22)21-8-6-20(7-9-21)11-14-18-15(24-19-14)12-4-3-5-13(17)10-12/h3-5,10H,2,6-9,11H2,1H3. The molecular formula is C16H19ClN4O3. The van der Waals surface area contributed by atoms with E-state index in [1.807, 2.05) is 19.1 Å². The molecule has 0 bridgehead atoms. The first-order valence-electron chi connectivity index (χ1n) is 7.88. The highest BCUT2D eigenvalue weighted by Crippen LogP contribution is 2.21. The zero-order valence-electron chi connectivity index (χ0n) is 13.4. The lowest BCUT2D eigenvalue weighted by atomic mass is 10.2. The summed E-state index contributed by atoms with van der Waals surface area (Å²) < 4.78 is 10.3. The van der Waals surface area contributed by atoms with Crippen LogP contribution in [0.1, 0.15) is 12.7 Å². The number of carbonyl (C=O) groups is 1. The molecule has 0 saturated carbocycles. The van der Waals surface area contributed by atoms with Gasteiger partial charge >= 0.3 is 6.09 Å². The van der Waals surface area contributed by atoms with E-state index in [9.17, 15) is 4.79 Å². The number of hydrogen-bond donors (Lipinski definition) is 0. The maximum atomic E-state index is 11.7. The number of benzene rings is 1. The molecule has 7 nitrogen and oxygen atoms in total. The third-order valence-corrected chi connectivity index (χ3v) is 4.04. The van der Waals surface area contributed by atoms with E-state index in [1.54, 1.807) is 17.0 Å². The van der Waals surface area contributed by atoms with Gasteiger partial charge in [0, 0.05) is 36.8 Å². The van der Waals surface area contributed by atoms with Crippen LogP contribution in [-0.2, 0) is 11.3 Å². The van der Waals surface area contributed by atoms with E-state index in [-0.39, 0.29) is 6.09 Å². The first-order chi connectivity index (χ1) is 11.7. The second-order valence-electron chi connectivity index (χ2n) is 5.49. The molecule has 2 aromatic rings. The van der Waals surface area contributed by atoms with Crippen molar-refractivity contribution in [2.45, 2.75) is 13.5 Å². The number of hydrogen-bond acceptors (Lipinski definition) is 6. The maximum absolute atomic E-state index is 11.7. The third-order valence-electron chi connectivity index (χ3n) is 3.80. The predicted octanol–water partition coefficient (Wildman–Crippen LogP) is 2.66. The molecule has 8 heteroatoms. The molecule has 24 heavy (non-hydrogen) atoms. The summed E-state index contributed by atoms with van der Waals surface area (Å²) in [5.41, 5.74) is 0.799. The Labute approximate surface area is 145 Å². The topological polar surface area (TPSA) is 71.7 Å². The van der Waals surface area contributed by atoms with Crippen LogP contribution in [0.25, 0.3) is 11.5 Å². The van der Waals surface area contributed by atoms with Gasteiger partial charge < -0.3 is 14.2 Å². The molecule has 1 fully saturated rings. The van der Waals surface area contributed by atoms with Gasteiger partial charge in [-0.1, -0.05) is 22.8 Å². The Morgan fingerprint density at radius 3 is 2.83 bits per heavy atom. The molecule has 1 aromatic heterocycles. The zero-order valence-corrected chi connectivity index (χ0v) is 14.2. The highest BCUT2D eigenvalue weighted by Gasteiger charge is 2.23. The van der Waals surface area contributed by atoms with Crippen molar-refractivity contribution in [1.82, 2.24) is 19.9 Å². The number of carbonyl (C=O) groups excluding carboxylic acids is 1. The summed E-state index contributed by atoms with van der Waals surface area (Å²) in [5.74, 6) is 1.08. The van der Waals surface area contributed by atoms with Crippen LogP contribution in [0.15, 0.2) is 28.8 Å². The van der Waals surface area contributed by atoms with Gasteiger partial charge in [-0.25, -0.2) is 4.79 Å². The number of aromatic nitrogens is 2. The second kappa shape index (κ2) is 7.63. The van der Waals surface area contributed by atoms with Gasteiger partial charge in [-0.2, -0.15) is 4.98 Å². The molecule has 1 saturated heterocycles. The first kappa shape index (κ1) is 16.7. The Morgan fingerprint density at radius 1 is 1.33 bits per heavy atom. The normalized spacial score (nSPS) is 15.5. The van der Waals surface area contributed by atoms with E-state index in [0.29, 0.717) is 43.0 Å². The number of amides is 1. The summed E-state index contributed by atoms with van der Waals surface area (Å²) in [5, 5.41) is 4.65. The quantitative estimate of drug-likeness (QED) is 0.844. The predicted molar refractivity (Wildman–Crippen MR) is 88.6 cm³/mol. The Kier molecular flexibility index (Phi) is 5.32. The average Bonchev–Trinajstić information content (AvgIpc) is 3.04. The molecule has 1 aliphatic heterocycles. The molecule has 1 aromatic carbocycles. The van der Waals surface area contributed by atoms with Gasteiger partial charge in [0.05, 0.1) is 13.2 Å². The van der Waals surface area contributed by atoms with Crippen molar-refractivity contribution in [1.29, 1.82) is 0 Å². The van der Waals surface area contributed by atoms with Gasteiger partial charge in [0.15, 0.2) is 5.82 Å². The molecule has 0 atom stereocenters. The zero-order chi connectivity index (χ0) is 16.9. The number of rotatable bonds is 4. The summed E-state index contributed by atoms with van der Waals surface area (Å²) in [6.07, 6.45) is -0.250. The van der Waals surface area contributed by atoms with Crippen LogP contribution in [0.4, 0.5) is 4.79 Å². The number of halogens is 1. The van der Waals surface area contributed by atoms with Crippen LogP contribution in [0.3, 0.4) is 0 Å². The minimum absolute atomic E-state index is 0.250. The first-order valence-corrected chi connectivity index (χ1v) is 8.26. The van der Waals surface area contributed by atoms with Crippen LogP contribution < -0.4 is 0 Å². The summed E-state index contributed by atoms with van der Waals surface area (Å²) in [6, 6.07) is 7.31. The van der Waals surface area contributed by atoms with Crippen LogP contribution in [0.2, 0.25) is 5.02 Å². The van der Waals surface area contributed by atoms with Crippen molar-refractivity contribution in [2.75, 3.05) is 32.8 Å². The molecule has 0 radical (unpaired) electrons. The van der Waals surface area contributed by atoms with Gasteiger partial charge in [0.25, 0.3) is 5.89 Å². The van der Waals surface area contributed by atoms with E-state index in [2.05, 4.69) is 15.0 Å². The Morgan fingerprint density at radius 2 is 2.12 bits per heavy atom. The highest BCUT2D eigenvalue weighted by molar-refractivity contribution is 6.30. The lowest BCUT2D eigenvalue weighted by Gasteiger charge is -2.33. The lowest BCUT2D eigenvalue weighted by molar-refractivity contribution is 0.0769. The molecule has 0 spiro atoms. The largest absolute Gasteiger partial charge is 0.450 e. The summed E-state index contributed by atoms with van der Waals surface area (Å²) in [6.45, 7) is 5.56. The van der Waals surface area contributed by atoms with Crippen LogP contribution >= 0.6 is 11.6 Å². The Hall–Kier alpha value is -2.12. The summed E-state index contributed by atoms with van der Waals surface area (Å²) in [7, 11) is 0. The van der Waals surface area contributed by atoms with E-state index < -0.39 is 0 Å². The molecule has 0 aliphatic carbocycles. The summed E-state index contributed by atoms with van der Waals surface area (Å²) >= 11 is 5.98. The number of ether oxygens (including phenoxy) is 1. The number of nitrogens with zero attached hydrogens (tertiary/aromatic N) is 4. The van der Waals surface area contributed by atoms with Crippen LogP contribution in [0.5, 0.6) is 0 Å². The Bertz CT molecular complexity index is 698. The molecule has 1 aliphatic rings. The second-order valence-corrected chi connectivity index (χ2v) is 5.92. The molecule has 128 valence electrons. The van der Waals surface area contributed by atoms with E-state index in [1.165, 1.54) is 0 Å². The van der Waals surface area contributed by atoms with Crippen molar-refractivity contribution in [3.8, 4) is 11.5 Å². The van der Waals surface area contributed by atoms with Crippen molar-refractivity contribution in [3.63, 3.8) is 0 Å². The molecule has 2 heterocycles. The fourth-order valence-corrected chi connectivity index (χ4v) is 2.75. The fraction of sp³-hybridized carbons (Fsp3) is 0.438. The van der Waals surface area contributed by atoms with E-state index in [0.717, 1.165) is 18.7 Å². The molecule has 0 unspecified atom stereocenters. The molecule has 0 N–H and O–H groups in total.